The number of nitrogens with zero attached hydrogens (tertiary/aromatic N) is 3. The average molecular weight is 304 g/mol. The summed E-state index contributed by atoms with van der Waals surface area (Å²) in [6, 6.07) is 14.0. The van der Waals surface area contributed by atoms with E-state index in [9.17, 15) is 9.59 Å². The molecule has 1 aliphatic rings. The molecule has 0 fully saturated rings. The van der Waals surface area contributed by atoms with Gasteiger partial charge < -0.3 is 5.73 Å². The molecule has 0 bridgehead atoms. The van der Waals surface area contributed by atoms with E-state index in [1.807, 2.05) is 18.2 Å². The van der Waals surface area contributed by atoms with Crippen LogP contribution in [0.2, 0.25) is 0 Å². The van der Waals surface area contributed by atoms with Crippen LogP contribution in [0.3, 0.4) is 0 Å². The van der Waals surface area contributed by atoms with Gasteiger partial charge in [0, 0.05) is 0 Å². The van der Waals surface area contributed by atoms with Crippen LogP contribution in [0.4, 0.5) is 11.4 Å². The van der Waals surface area contributed by atoms with E-state index in [4.69, 9.17) is 5.73 Å². The van der Waals surface area contributed by atoms with Crippen molar-refractivity contribution >= 4 is 23.2 Å². The summed E-state index contributed by atoms with van der Waals surface area (Å²) in [5, 5.41) is 4.21. The molecule has 6 nitrogen and oxygen atoms in total. The molecule has 2 N–H and O–H groups in total. The van der Waals surface area contributed by atoms with Crippen molar-refractivity contribution in [3.05, 3.63) is 72.1 Å². The van der Waals surface area contributed by atoms with Crippen molar-refractivity contribution in [3.8, 4) is 5.69 Å². The predicted octanol–water partition coefficient (Wildman–Crippen LogP) is 2.26. The molecule has 6 heteroatoms. The largest absolute Gasteiger partial charge is 0.397 e. The van der Waals surface area contributed by atoms with Gasteiger partial charge in [0.2, 0.25) is 0 Å². The van der Waals surface area contributed by atoms with Gasteiger partial charge in [-0.15, -0.1) is 0 Å². The Morgan fingerprint density at radius 1 is 0.870 bits per heavy atom. The number of hydrogen-bond acceptors (Lipinski definition) is 4. The van der Waals surface area contributed by atoms with Crippen LogP contribution in [0.15, 0.2) is 60.9 Å². The Morgan fingerprint density at radius 2 is 1.48 bits per heavy atom. The average Bonchev–Trinajstić information content (AvgIpc) is 3.13. The second kappa shape index (κ2) is 4.81. The smallest absolute Gasteiger partial charge is 0.266 e. The third-order valence-corrected chi connectivity index (χ3v) is 3.80. The Morgan fingerprint density at radius 3 is 2.13 bits per heavy atom. The zero-order valence-electron chi connectivity index (χ0n) is 12.0. The maximum Gasteiger partial charge on any atom is 0.266 e. The number of amides is 2. The Bertz CT molecular complexity index is 910. The fourth-order valence-corrected chi connectivity index (χ4v) is 2.68. The standard InChI is InChI=1S/C17H12N4O2/c18-14-7-3-4-8-15(14)20-10-11(9-19-20)21-16(22)12-5-1-2-6-13(12)17(21)23/h1-10H,18H2. The number of benzene rings is 2. The van der Waals surface area contributed by atoms with Crippen molar-refractivity contribution in [1.29, 1.82) is 0 Å². The molecule has 0 aliphatic carbocycles. The highest BCUT2D eigenvalue weighted by Gasteiger charge is 2.36. The van der Waals surface area contributed by atoms with Gasteiger partial charge in [-0.05, 0) is 24.3 Å². The molecule has 0 spiro atoms. The zero-order valence-corrected chi connectivity index (χ0v) is 12.0. The van der Waals surface area contributed by atoms with Gasteiger partial charge in [-0.25, -0.2) is 9.58 Å². The number of imide groups is 1. The van der Waals surface area contributed by atoms with E-state index in [0.29, 0.717) is 28.2 Å². The lowest BCUT2D eigenvalue weighted by atomic mass is 10.1. The third kappa shape index (κ3) is 1.92. The lowest BCUT2D eigenvalue weighted by Gasteiger charge is -2.10. The van der Waals surface area contributed by atoms with Crippen LogP contribution in [0.1, 0.15) is 20.7 Å². The molecule has 0 radical (unpaired) electrons. The van der Waals surface area contributed by atoms with Gasteiger partial charge in [0.1, 0.15) is 0 Å². The fraction of sp³-hybridized carbons (Fsp3) is 0. The molecule has 0 atom stereocenters. The maximum atomic E-state index is 12.5. The number of nitrogens with two attached hydrogens (primary N) is 1. The van der Waals surface area contributed by atoms with Gasteiger partial charge in [0.05, 0.1) is 40.6 Å². The van der Waals surface area contributed by atoms with Crippen molar-refractivity contribution < 1.29 is 9.59 Å². The first-order valence-electron chi connectivity index (χ1n) is 7.04. The Labute approximate surface area is 131 Å². The van der Waals surface area contributed by atoms with Crippen LogP contribution in [0, 0.1) is 0 Å². The number of aromatic nitrogens is 2. The summed E-state index contributed by atoms with van der Waals surface area (Å²) in [5.41, 5.74) is 8.41. The Kier molecular flexibility index (Phi) is 2.77. The molecule has 0 saturated heterocycles. The highest BCUT2D eigenvalue weighted by atomic mass is 16.2. The second-order valence-corrected chi connectivity index (χ2v) is 5.19. The number of anilines is 2. The minimum atomic E-state index is -0.341. The Hall–Kier alpha value is -3.41. The van der Waals surface area contributed by atoms with E-state index < -0.39 is 0 Å². The van der Waals surface area contributed by atoms with Gasteiger partial charge in [0.25, 0.3) is 11.8 Å². The van der Waals surface area contributed by atoms with Gasteiger partial charge >= 0.3 is 0 Å². The molecule has 1 aliphatic heterocycles. The summed E-state index contributed by atoms with van der Waals surface area (Å²) in [7, 11) is 0. The predicted molar refractivity (Wildman–Crippen MR) is 85.6 cm³/mol. The number of fused-ring (bicyclic) bond motifs is 1. The number of para-hydroxylation sites is 2. The molecule has 1 aromatic heterocycles. The molecule has 2 heterocycles. The summed E-state index contributed by atoms with van der Waals surface area (Å²) in [5.74, 6) is -0.683. The van der Waals surface area contributed by atoms with E-state index in [1.165, 1.54) is 6.20 Å². The molecular formula is C17H12N4O2. The van der Waals surface area contributed by atoms with Crippen molar-refractivity contribution in [2.24, 2.45) is 0 Å². The minimum Gasteiger partial charge on any atom is -0.397 e. The quantitative estimate of drug-likeness (QED) is 0.581. The third-order valence-electron chi connectivity index (χ3n) is 3.80. The summed E-state index contributed by atoms with van der Waals surface area (Å²) >= 11 is 0. The van der Waals surface area contributed by atoms with Crippen LogP contribution in [0.5, 0.6) is 0 Å². The molecular weight excluding hydrogens is 292 g/mol. The summed E-state index contributed by atoms with van der Waals surface area (Å²) < 4.78 is 1.55. The topological polar surface area (TPSA) is 81.2 Å². The maximum absolute atomic E-state index is 12.5. The molecule has 0 saturated carbocycles. The van der Waals surface area contributed by atoms with Gasteiger partial charge in [-0.3, -0.25) is 9.59 Å². The monoisotopic (exact) mass is 304 g/mol. The van der Waals surface area contributed by atoms with Gasteiger partial charge in [-0.1, -0.05) is 24.3 Å². The van der Waals surface area contributed by atoms with Crippen LogP contribution in [0.25, 0.3) is 5.69 Å². The lowest BCUT2D eigenvalue weighted by Crippen LogP contribution is -2.28. The van der Waals surface area contributed by atoms with Crippen molar-refractivity contribution in [1.82, 2.24) is 9.78 Å². The van der Waals surface area contributed by atoms with Gasteiger partial charge in [0.15, 0.2) is 0 Å². The van der Waals surface area contributed by atoms with E-state index >= 15 is 0 Å². The van der Waals surface area contributed by atoms with E-state index in [-0.39, 0.29) is 11.8 Å². The highest BCUT2D eigenvalue weighted by molar-refractivity contribution is 6.34. The normalized spacial score (nSPS) is 13.5. The number of hydrogen-bond donors (Lipinski definition) is 1. The first-order valence-corrected chi connectivity index (χ1v) is 7.04. The van der Waals surface area contributed by atoms with E-state index in [0.717, 1.165) is 4.90 Å². The van der Waals surface area contributed by atoms with Crippen molar-refractivity contribution in [3.63, 3.8) is 0 Å². The summed E-state index contributed by atoms with van der Waals surface area (Å²) in [6.45, 7) is 0. The zero-order chi connectivity index (χ0) is 16.0. The second-order valence-electron chi connectivity index (χ2n) is 5.19. The van der Waals surface area contributed by atoms with Crippen molar-refractivity contribution in [2.45, 2.75) is 0 Å². The molecule has 112 valence electrons. The summed E-state index contributed by atoms with van der Waals surface area (Å²) in [4.78, 5) is 26.1. The molecule has 0 unspecified atom stereocenters. The Balaban J connectivity index is 1.75. The highest BCUT2D eigenvalue weighted by Crippen LogP contribution is 2.28. The van der Waals surface area contributed by atoms with Crippen LogP contribution in [-0.4, -0.2) is 21.6 Å². The number of carbonyl (C=O) groups excluding carboxylic acids is 2. The fourth-order valence-electron chi connectivity index (χ4n) is 2.68. The van der Waals surface area contributed by atoms with Crippen LogP contribution >= 0.6 is 0 Å². The first-order chi connectivity index (χ1) is 11.2. The molecule has 2 aromatic carbocycles. The van der Waals surface area contributed by atoms with E-state index in [2.05, 4.69) is 5.10 Å². The molecule has 4 rings (SSSR count). The minimum absolute atomic E-state index is 0.341. The molecule has 23 heavy (non-hydrogen) atoms. The molecule has 3 aromatic rings. The van der Waals surface area contributed by atoms with E-state index in [1.54, 1.807) is 41.2 Å². The lowest BCUT2D eigenvalue weighted by molar-refractivity contribution is 0.0926. The van der Waals surface area contributed by atoms with Gasteiger partial charge in [-0.2, -0.15) is 5.10 Å². The number of rotatable bonds is 2. The first kappa shape index (κ1) is 13.3. The summed E-state index contributed by atoms with van der Waals surface area (Å²) in [6.07, 6.45) is 3.10. The van der Waals surface area contributed by atoms with Crippen LogP contribution in [-0.2, 0) is 0 Å². The number of nitrogen functional groups attached to an aromatic ring is 1. The van der Waals surface area contributed by atoms with Crippen molar-refractivity contribution in [2.75, 3.05) is 10.6 Å². The van der Waals surface area contributed by atoms with Crippen LogP contribution < -0.4 is 10.6 Å². The number of carbonyl (C=O) groups is 2. The molecule has 2 amide bonds. The SMILES string of the molecule is Nc1ccccc1-n1cc(N2C(=O)c3ccccc3C2=O)cn1.